The highest BCUT2D eigenvalue weighted by molar-refractivity contribution is 7.87. The molecule has 0 aliphatic rings. The number of hydrogen-bond acceptors (Lipinski definition) is 7. The van der Waals surface area contributed by atoms with Crippen LogP contribution < -0.4 is 4.18 Å². The van der Waals surface area contributed by atoms with E-state index in [9.17, 15) is 23.3 Å². The Labute approximate surface area is 144 Å². The molecule has 0 atom stereocenters. The molecule has 0 unspecified atom stereocenters. The summed E-state index contributed by atoms with van der Waals surface area (Å²) in [5.41, 5.74) is 0.460. The number of hydrogen-bond donors (Lipinski definition) is 0. The van der Waals surface area contributed by atoms with Crippen LogP contribution in [0.25, 0.3) is 0 Å². The fraction of sp³-hybridized carbons (Fsp3) is 0.188. The molecule has 0 N–H and O–H groups in total. The number of nitro groups is 1. The first-order valence-corrected chi connectivity index (χ1v) is 8.45. The van der Waals surface area contributed by atoms with Crippen molar-refractivity contribution in [1.29, 1.82) is 0 Å². The van der Waals surface area contributed by atoms with E-state index in [1.54, 1.807) is 6.92 Å². The lowest BCUT2D eigenvalue weighted by Crippen LogP contribution is -2.14. The van der Waals surface area contributed by atoms with E-state index >= 15 is 0 Å². The Morgan fingerprint density at radius 2 is 1.80 bits per heavy atom. The van der Waals surface area contributed by atoms with E-state index in [0.29, 0.717) is 11.1 Å². The summed E-state index contributed by atoms with van der Waals surface area (Å²) in [6.07, 6.45) is 0. The van der Waals surface area contributed by atoms with Crippen LogP contribution in [0, 0.1) is 24.0 Å². The van der Waals surface area contributed by atoms with Gasteiger partial charge in [-0.3, -0.25) is 10.1 Å². The van der Waals surface area contributed by atoms with Gasteiger partial charge < -0.3 is 8.92 Å². The Bertz CT molecular complexity index is 951. The van der Waals surface area contributed by atoms with Crippen molar-refractivity contribution in [3.63, 3.8) is 0 Å². The molecule has 8 nitrogen and oxygen atoms in total. The molecule has 0 fully saturated rings. The van der Waals surface area contributed by atoms with E-state index < -0.39 is 32.4 Å². The highest BCUT2D eigenvalue weighted by Gasteiger charge is 2.26. The predicted molar refractivity (Wildman–Crippen MR) is 88.2 cm³/mol. The second-order valence-corrected chi connectivity index (χ2v) is 6.75. The van der Waals surface area contributed by atoms with E-state index in [-0.39, 0.29) is 10.5 Å². The highest BCUT2D eigenvalue weighted by atomic mass is 32.2. The van der Waals surface area contributed by atoms with Crippen molar-refractivity contribution in [2.75, 3.05) is 7.11 Å². The van der Waals surface area contributed by atoms with Gasteiger partial charge in [-0.25, -0.2) is 4.79 Å². The first-order valence-electron chi connectivity index (χ1n) is 7.04. The SMILES string of the molecule is COC(=O)c1ccc(C)c(S(=O)(=O)Oc2ccc(C)cc2[N+](=O)[O-])c1. The molecule has 2 aromatic carbocycles. The normalized spacial score (nSPS) is 11.0. The van der Waals surface area contributed by atoms with Crippen LogP contribution in [0.4, 0.5) is 5.69 Å². The fourth-order valence-corrected chi connectivity index (χ4v) is 3.32. The second-order valence-electron chi connectivity index (χ2n) is 5.24. The van der Waals surface area contributed by atoms with Gasteiger partial charge in [0.05, 0.1) is 17.6 Å². The monoisotopic (exact) mass is 365 g/mol. The Hall–Kier alpha value is -2.94. The van der Waals surface area contributed by atoms with E-state index in [0.717, 1.165) is 6.07 Å². The zero-order valence-corrected chi connectivity index (χ0v) is 14.5. The van der Waals surface area contributed by atoms with Gasteiger partial charge in [-0.05, 0) is 43.2 Å². The van der Waals surface area contributed by atoms with Crippen LogP contribution in [-0.4, -0.2) is 26.4 Å². The molecule has 132 valence electrons. The van der Waals surface area contributed by atoms with E-state index in [1.807, 2.05) is 0 Å². The van der Waals surface area contributed by atoms with Crippen molar-refractivity contribution in [3.8, 4) is 5.75 Å². The van der Waals surface area contributed by atoms with Gasteiger partial charge >= 0.3 is 21.8 Å². The third-order valence-electron chi connectivity index (χ3n) is 3.39. The summed E-state index contributed by atoms with van der Waals surface area (Å²) in [5, 5.41) is 11.1. The number of nitrogens with zero attached hydrogens (tertiary/aromatic N) is 1. The van der Waals surface area contributed by atoms with Crippen LogP contribution in [0.15, 0.2) is 41.3 Å². The molecule has 0 bridgehead atoms. The first-order chi connectivity index (χ1) is 11.7. The molecule has 0 amide bonds. The van der Waals surface area contributed by atoms with Crippen molar-refractivity contribution < 1.29 is 27.1 Å². The Morgan fingerprint density at radius 3 is 2.40 bits per heavy atom. The minimum Gasteiger partial charge on any atom is -0.465 e. The Morgan fingerprint density at radius 1 is 1.12 bits per heavy atom. The van der Waals surface area contributed by atoms with Gasteiger partial charge in [0.2, 0.25) is 5.75 Å². The van der Waals surface area contributed by atoms with Gasteiger partial charge in [0.15, 0.2) is 0 Å². The van der Waals surface area contributed by atoms with Crippen LogP contribution in [0.5, 0.6) is 5.75 Å². The van der Waals surface area contributed by atoms with Crippen LogP contribution in [0.2, 0.25) is 0 Å². The molecule has 0 aliphatic carbocycles. The zero-order chi connectivity index (χ0) is 18.8. The Kier molecular flexibility index (Phi) is 5.07. The number of aryl methyl sites for hydroxylation is 2. The summed E-state index contributed by atoms with van der Waals surface area (Å²) in [6.45, 7) is 3.15. The number of benzene rings is 2. The van der Waals surface area contributed by atoms with Gasteiger partial charge in [-0.15, -0.1) is 0 Å². The quantitative estimate of drug-likeness (QED) is 0.346. The van der Waals surface area contributed by atoms with Gasteiger partial charge in [0.1, 0.15) is 4.90 Å². The number of carbonyl (C=O) groups excluding carboxylic acids is 1. The molecule has 2 aromatic rings. The molecule has 0 aliphatic heterocycles. The van der Waals surface area contributed by atoms with Gasteiger partial charge in [0.25, 0.3) is 0 Å². The summed E-state index contributed by atoms with van der Waals surface area (Å²) in [6, 6.07) is 7.86. The molecule has 0 aromatic heterocycles. The zero-order valence-electron chi connectivity index (χ0n) is 13.7. The van der Waals surface area contributed by atoms with Crippen molar-refractivity contribution in [2.24, 2.45) is 0 Å². The molecule has 0 heterocycles. The molecule has 2 rings (SSSR count). The maximum atomic E-state index is 12.5. The summed E-state index contributed by atoms with van der Waals surface area (Å²) < 4.78 is 34.6. The molecule has 0 saturated heterocycles. The van der Waals surface area contributed by atoms with Crippen LogP contribution >= 0.6 is 0 Å². The average Bonchev–Trinajstić information content (AvgIpc) is 2.55. The number of esters is 1. The van der Waals surface area contributed by atoms with Crippen molar-refractivity contribution >= 4 is 21.8 Å². The van der Waals surface area contributed by atoms with Crippen LogP contribution in [-0.2, 0) is 14.9 Å². The third-order valence-corrected chi connectivity index (χ3v) is 4.77. The number of ether oxygens (including phenoxy) is 1. The molecule has 0 saturated carbocycles. The van der Waals surface area contributed by atoms with Crippen molar-refractivity contribution in [2.45, 2.75) is 18.7 Å². The number of methoxy groups -OCH3 is 1. The fourth-order valence-electron chi connectivity index (χ4n) is 2.12. The topological polar surface area (TPSA) is 113 Å². The highest BCUT2D eigenvalue weighted by Crippen LogP contribution is 2.31. The number of nitro benzene ring substituents is 1. The summed E-state index contributed by atoms with van der Waals surface area (Å²) >= 11 is 0. The van der Waals surface area contributed by atoms with E-state index in [2.05, 4.69) is 4.74 Å². The number of rotatable bonds is 5. The lowest BCUT2D eigenvalue weighted by Gasteiger charge is -2.11. The molecule has 25 heavy (non-hydrogen) atoms. The maximum Gasteiger partial charge on any atom is 0.339 e. The molecular formula is C16H15NO7S. The van der Waals surface area contributed by atoms with Crippen LogP contribution in [0.1, 0.15) is 21.5 Å². The molecule has 0 spiro atoms. The van der Waals surface area contributed by atoms with Gasteiger partial charge in [0, 0.05) is 6.07 Å². The summed E-state index contributed by atoms with van der Waals surface area (Å²) in [7, 11) is -3.22. The van der Waals surface area contributed by atoms with Crippen molar-refractivity contribution in [3.05, 3.63) is 63.2 Å². The summed E-state index contributed by atoms with van der Waals surface area (Å²) in [5.74, 6) is -1.11. The van der Waals surface area contributed by atoms with Crippen molar-refractivity contribution in [1.82, 2.24) is 0 Å². The van der Waals surface area contributed by atoms with Crippen LogP contribution in [0.3, 0.4) is 0 Å². The standard InChI is InChI=1S/C16H15NO7S/c1-10-4-7-14(13(8-10)17(19)20)24-25(21,22)15-9-12(16(18)23-3)6-5-11(15)2/h4-9H,1-3H3. The number of carbonyl (C=O) groups is 1. The molecule has 9 heteroatoms. The van der Waals surface area contributed by atoms with Gasteiger partial charge in [-0.1, -0.05) is 12.1 Å². The minimum absolute atomic E-state index is 0.0219. The molecule has 0 radical (unpaired) electrons. The lowest BCUT2D eigenvalue weighted by atomic mass is 10.1. The third kappa shape index (κ3) is 3.94. The largest absolute Gasteiger partial charge is 0.465 e. The molecular weight excluding hydrogens is 350 g/mol. The predicted octanol–water partition coefficient (Wildman–Crippen LogP) is 2.77. The minimum atomic E-state index is -4.39. The summed E-state index contributed by atoms with van der Waals surface area (Å²) in [4.78, 5) is 21.7. The lowest BCUT2D eigenvalue weighted by molar-refractivity contribution is -0.385. The van der Waals surface area contributed by atoms with E-state index in [4.69, 9.17) is 4.18 Å². The second kappa shape index (κ2) is 6.89. The smallest absolute Gasteiger partial charge is 0.339 e. The van der Waals surface area contributed by atoms with E-state index in [1.165, 1.54) is 44.4 Å². The maximum absolute atomic E-state index is 12.5. The average molecular weight is 365 g/mol. The Balaban J connectivity index is 2.51. The first kappa shape index (κ1) is 18.4. The van der Waals surface area contributed by atoms with Gasteiger partial charge in [-0.2, -0.15) is 8.42 Å².